The first-order chi connectivity index (χ1) is 17.5. The molecule has 1 atom stereocenters. The highest BCUT2D eigenvalue weighted by atomic mass is 16.5. The molecule has 1 aliphatic rings. The molecular formula is C28H30N2O6. The van der Waals surface area contributed by atoms with Gasteiger partial charge in [0.1, 0.15) is 5.56 Å². The summed E-state index contributed by atoms with van der Waals surface area (Å²) >= 11 is 0. The van der Waals surface area contributed by atoms with Crippen molar-refractivity contribution in [2.24, 2.45) is 0 Å². The van der Waals surface area contributed by atoms with E-state index in [2.05, 4.69) is 5.32 Å². The van der Waals surface area contributed by atoms with E-state index >= 15 is 0 Å². The molecule has 0 saturated carbocycles. The third-order valence-electron chi connectivity index (χ3n) is 6.00. The van der Waals surface area contributed by atoms with Crippen LogP contribution in [0.25, 0.3) is 11.3 Å². The minimum Gasteiger partial charge on any atom is -0.490 e. The quantitative estimate of drug-likeness (QED) is 0.455. The number of nitrogens with zero attached hydrogens (tertiary/aromatic N) is 1. The van der Waals surface area contributed by atoms with Crippen molar-refractivity contribution in [2.45, 2.75) is 33.2 Å². The van der Waals surface area contributed by atoms with E-state index < -0.39 is 11.4 Å². The molecule has 3 aromatic rings. The van der Waals surface area contributed by atoms with Crippen LogP contribution in [-0.2, 0) is 11.2 Å². The molecule has 2 heterocycles. The molecule has 0 aliphatic carbocycles. The lowest BCUT2D eigenvalue weighted by Gasteiger charge is -2.32. The molecule has 0 spiro atoms. The van der Waals surface area contributed by atoms with Gasteiger partial charge >= 0.3 is 5.97 Å². The third kappa shape index (κ3) is 5.12. The van der Waals surface area contributed by atoms with Gasteiger partial charge in [-0.2, -0.15) is 0 Å². The summed E-state index contributed by atoms with van der Waals surface area (Å²) < 4.78 is 18.6. The fourth-order valence-corrected chi connectivity index (χ4v) is 4.40. The van der Waals surface area contributed by atoms with Gasteiger partial charge in [-0.1, -0.05) is 18.2 Å². The number of hydrogen-bond donors (Lipinski definition) is 1. The van der Waals surface area contributed by atoms with E-state index in [1.807, 2.05) is 48.7 Å². The Morgan fingerprint density at radius 3 is 2.33 bits per heavy atom. The predicted molar refractivity (Wildman–Crippen MR) is 136 cm³/mol. The third-order valence-corrected chi connectivity index (χ3v) is 6.00. The highest BCUT2D eigenvalue weighted by Crippen LogP contribution is 2.41. The number of aromatic nitrogens is 1. The molecule has 36 heavy (non-hydrogen) atoms. The van der Waals surface area contributed by atoms with Gasteiger partial charge in [0.25, 0.3) is 5.91 Å². The Morgan fingerprint density at radius 2 is 1.67 bits per heavy atom. The van der Waals surface area contributed by atoms with E-state index in [4.69, 9.17) is 14.2 Å². The van der Waals surface area contributed by atoms with Crippen LogP contribution >= 0.6 is 0 Å². The lowest BCUT2D eigenvalue weighted by molar-refractivity contribution is 0.0523. The van der Waals surface area contributed by atoms with Gasteiger partial charge < -0.3 is 24.1 Å². The summed E-state index contributed by atoms with van der Waals surface area (Å²) in [6.07, 6.45) is 2.09. The van der Waals surface area contributed by atoms with Crippen LogP contribution in [-0.4, -0.2) is 42.8 Å². The number of pyridine rings is 1. The van der Waals surface area contributed by atoms with Gasteiger partial charge in [0.2, 0.25) is 0 Å². The highest BCUT2D eigenvalue weighted by Gasteiger charge is 2.28. The van der Waals surface area contributed by atoms with Crippen molar-refractivity contribution in [2.75, 3.05) is 26.4 Å². The van der Waals surface area contributed by atoms with Crippen molar-refractivity contribution in [1.29, 1.82) is 0 Å². The molecule has 4 rings (SSSR count). The standard InChI is InChI=1S/C28H30N2O6/c1-4-34-25-13-19-12-20(16-29-27(32)18-10-8-7-9-11-18)30-17-22(28(33)36-6-3)24(31)15-23(30)21(19)14-26(25)35-5-2/h7-11,13-15,17,20H,4-6,12,16H2,1-3H3,(H,29,32). The van der Waals surface area contributed by atoms with Crippen LogP contribution in [0.4, 0.5) is 0 Å². The maximum absolute atomic E-state index is 12.9. The molecule has 0 bridgehead atoms. The van der Waals surface area contributed by atoms with Crippen LogP contribution in [0, 0.1) is 0 Å². The number of esters is 1. The van der Waals surface area contributed by atoms with E-state index in [0.29, 0.717) is 48.9 Å². The van der Waals surface area contributed by atoms with E-state index in [-0.39, 0.29) is 24.1 Å². The number of fused-ring (bicyclic) bond motifs is 3. The van der Waals surface area contributed by atoms with Gasteiger partial charge in [0.15, 0.2) is 16.9 Å². The summed E-state index contributed by atoms with van der Waals surface area (Å²) in [5.41, 5.74) is 2.51. The molecule has 1 unspecified atom stereocenters. The summed E-state index contributed by atoms with van der Waals surface area (Å²) in [4.78, 5) is 38.1. The number of ether oxygens (including phenoxy) is 3. The molecule has 1 amide bonds. The zero-order valence-electron chi connectivity index (χ0n) is 20.7. The second kappa shape index (κ2) is 11.1. The molecule has 1 N–H and O–H groups in total. The summed E-state index contributed by atoms with van der Waals surface area (Å²) in [6.45, 7) is 6.89. The first-order valence-corrected chi connectivity index (χ1v) is 12.2. The maximum Gasteiger partial charge on any atom is 0.343 e. The normalized spacial score (nSPS) is 13.8. The molecule has 2 aromatic carbocycles. The first kappa shape index (κ1) is 25.0. The van der Waals surface area contributed by atoms with Crippen LogP contribution in [0.15, 0.2) is 59.5 Å². The Hall–Kier alpha value is -4.07. The number of carbonyl (C=O) groups excluding carboxylic acids is 2. The average molecular weight is 491 g/mol. The minimum absolute atomic E-state index is 0.0422. The lowest BCUT2D eigenvalue weighted by Crippen LogP contribution is -2.35. The maximum atomic E-state index is 12.9. The van der Waals surface area contributed by atoms with Gasteiger partial charge in [-0.15, -0.1) is 0 Å². The number of benzene rings is 2. The van der Waals surface area contributed by atoms with Crippen LogP contribution < -0.4 is 20.2 Å². The highest BCUT2D eigenvalue weighted by molar-refractivity contribution is 5.94. The lowest BCUT2D eigenvalue weighted by atomic mass is 9.91. The smallest absolute Gasteiger partial charge is 0.343 e. The SMILES string of the molecule is CCOC(=O)c1cn2c(cc1=O)-c1cc(OCC)c(OCC)cc1CC2CNC(=O)c1ccccc1. The average Bonchev–Trinajstić information content (AvgIpc) is 2.88. The number of carbonyl (C=O) groups is 2. The van der Waals surface area contributed by atoms with Crippen LogP contribution in [0.2, 0.25) is 0 Å². The van der Waals surface area contributed by atoms with Crippen molar-refractivity contribution in [1.82, 2.24) is 9.88 Å². The summed E-state index contributed by atoms with van der Waals surface area (Å²) in [5, 5.41) is 2.99. The topological polar surface area (TPSA) is 95.9 Å². The van der Waals surface area contributed by atoms with Crippen molar-refractivity contribution in [3.8, 4) is 22.8 Å². The molecule has 1 aromatic heterocycles. The van der Waals surface area contributed by atoms with Gasteiger partial charge in [0.05, 0.1) is 31.6 Å². The monoisotopic (exact) mass is 490 g/mol. The first-order valence-electron chi connectivity index (χ1n) is 12.2. The molecule has 0 saturated heterocycles. The number of nitrogens with one attached hydrogen (secondary N) is 1. The van der Waals surface area contributed by atoms with Crippen molar-refractivity contribution in [3.63, 3.8) is 0 Å². The zero-order valence-corrected chi connectivity index (χ0v) is 20.7. The van der Waals surface area contributed by atoms with E-state index in [1.165, 1.54) is 12.3 Å². The molecule has 8 heteroatoms. The fourth-order valence-electron chi connectivity index (χ4n) is 4.40. The largest absolute Gasteiger partial charge is 0.490 e. The summed E-state index contributed by atoms with van der Waals surface area (Å²) in [6, 6.07) is 14.0. The van der Waals surface area contributed by atoms with Gasteiger partial charge in [-0.25, -0.2) is 4.79 Å². The van der Waals surface area contributed by atoms with Gasteiger partial charge in [0, 0.05) is 29.9 Å². The van der Waals surface area contributed by atoms with Gasteiger partial charge in [-0.05, 0) is 57.0 Å². The predicted octanol–water partition coefficient (Wildman–Crippen LogP) is 4.02. The second-order valence-corrected chi connectivity index (χ2v) is 8.32. The Bertz CT molecular complexity index is 1320. The summed E-state index contributed by atoms with van der Waals surface area (Å²) in [5.74, 6) is 0.347. The second-order valence-electron chi connectivity index (χ2n) is 8.32. The fraction of sp³-hybridized carbons (Fsp3) is 0.321. The van der Waals surface area contributed by atoms with E-state index in [0.717, 1.165) is 11.1 Å². The van der Waals surface area contributed by atoms with Crippen molar-refractivity contribution >= 4 is 11.9 Å². The van der Waals surface area contributed by atoms with Gasteiger partial charge in [-0.3, -0.25) is 9.59 Å². The van der Waals surface area contributed by atoms with Crippen molar-refractivity contribution < 1.29 is 23.8 Å². The Labute approximate surface area is 209 Å². The number of rotatable bonds is 9. The Kier molecular flexibility index (Phi) is 7.73. The minimum atomic E-state index is -0.669. The molecule has 0 fully saturated rings. The molecule has 8 nitrogen and oxygen atoms in total. The molecular weight excluding hydrogens is 460 g/mol. The molecule has 1 aliphatic heterocycles. The molecule has 188 valence electrons. The number of amides is 1. The van der Waals surface area contributed by atoms with Crippen molar-refractivity contribution in [3.05, 3.63) is 81.6 Å². The van der Waals surface area contributed by atoms with Crippen LogP contribution in [0.3, 0.4) is 0 Å². The zero-order chi connectivity index (χ0) is 25.7. The van der Waals surface area contributed by atoms with Crippen LogP contribution in [0.5, 0.6) is 11.5 Å². The summed E-state index contributed by atoms with van der Waals surface area (Å²) in [7, 11) is 0. The molecule has 0 radical (unpaired) electrons. The van der Waals surface area contributed by atoms with E-state index in [1.54, 1.807) is 19.1 Å². The Morgan fingerprint density at radius 1 is 0.972 bits per heavy atom. The number of hydrogen-bond acceptors (Lipinski definition) is 6. The van der Waals surface area contributed by atoms with Crippen LogP contribution in [0.1, 0.15) is 53.1 Å². The Balaban J connectivity index is 1.77. The van der Waals surface area contributed by atoms with E-state index in [9.17, 15) is 14.4 Å².